The molecule has 2 aliphatic rings. The molecule has 2 N–H and O–H groups in total. The first-order valence-corrected chi connectivity index (χ1v) is 8.60. The van der Waals surface area contributed by atoms with Crippen LogP contribution in [0.2, 0.25) is 0 Å². The second-order valence-electron chi connectivity index (χ2n) is 6.35. The molecule has 3 rings (SSSR count). The van der Waals surface area contributed by atoms with Gasteiger partial charge in [0.25, 0.3) is 5.91 Å². The average Bonchev–Trinajstić information content (AvgIpc) is 3.10. The molecule has 1 aliphatic heterocycles. The lowest BCUT2D eigenvalue weighted by atomic mass is 10.1. The first-order chi connectivity index (χ1) is 11.7. The number of carbonyl (C=O) groups is 2. The van der Waals surface area contributed by atoms with Crippen molar-refractivity contribution < 1.29 is 19.1 Å². The van der Waals surface area contributed by atoms with Crippen LogP contribution in [-0.2, 0) is 4.79 Å². The van der Waals surface area contributed by atoms with Crippen LogP contribution in [0.5, 0.6) is 11.5 Å². The van der Waals surface area contributed by atoms with Crippen LogP contribution < -0.4 is 20.1 Å². The number of ether oxygens (including phenoxy) is 2. The third-order valence-corrected chi connectivity index (χ3v) is 4.61. The zero-order valence-electron chi connectivity index (χ0n) is 14.0. The second-order valence-corrected chi connectivity index (χ2v) is 6.35. The fraction of sp³-hybridized carbons (Fsp3) is 0.556. The topological polar surface area (TPSA) is 76.7 Å². The summed E-state index contributed by atoms with van der Waals surface area (Å²) in [6.07, 6.45) is 6.12. The van der Waals surface area contributed by atoms with Crippen LogP contribution in [0, 0.1) is 0 Å². The highest BCUT2D eigenvalue weighted by molar-refractivity contribution is 5.98. The van der Waals surface area contributed by atoms with Gasteiger partial charge in [-0.3, -0.25) is 9.59 Å². The summed E-state index contributed by atoms with van der Waals surface area (Å²) in [6.45, 7) is 0.674. The van der Waals surface area contributed by atoms with Crippen molar-refractivity contribution in [3.05, 3.63) is 23.8 Å². The van der Waals surface area contributed by atoms with Crippen molar-refractivity contribution in [3.8, 4) is 11.5 Å². The van der Waals surface area contributed by atoms with Gasteiger partial charge in [0.1, 0.15) is 6.04 Å². The van der Waals surface area contributed by atoms with Crippen molar-refractivity contribution in [2.45, 2.75) is 50.7 Å². The monoisotopic (exact) mass is 332 g/mol. The first kappa shape index (κ1) is 16.6. The molecular formula is C18H24N2O4. The van der Waals surface area contributed by atoms with E-state index < -0.39 is 6.04 Å². The van der Waals surface area contributed by atoms with E-state index in [1.165, 1.54) is 12.8 Å². The van der Waals surface area contributed by atoms with Crippen molar-refractivity contribution in [1.29, 1.82) is 0 Å². The minimum Gasteiger partial charge on any atom is -0.493 e. The Labute approximate surface area is 141 Å². The van der Waals surface area contributed by atoms with Gasteiger partial charge in [-0.1, -0.05) is 0 Å². The van der Waals surface area contributed by atoms with E-state index in [-0.39, 0.29) is 17.9 Å². The molecule has 6 heteroatoms. The summed E-state index contributed by atoms with van der Waals surface area (Å²) in [5.41, 5.74) is 0.474. The van der Waals surface area contributed by atoms with Crippen molar-refractivity contribution >= 4 is 11.8 Å². The van der Waals surface area contributed by atoms with Crippen LogP contribution >= 0.6 is 0 Å². The molecule has 2 fully saturated rings. The first-order valence-electron chi connectivity index (χ1n) is 8.60. The van der Waals surface area contributed by atoms with Gasteiger partial charge in [0.2, 0.25) is 5.91 Å². The summed E-state index contributed by atoms with van der Waals surface area (Å²) in [5.74, 6) is 0.820. The zero-order chi connectivity index (χ0) is 16.9. The minimum absolute atomic E-state index is 0.120. The van der Waals surface area contributed by atoms with Crippen LogP contribution in [0.3, 0.4) is 0 Å². The van der Waals surface area contributed by atoms with Crippen LogP contribution in [0.15, 0.2) is 18.2 Å². The van der Waals surface area contributed by atoms with E-state index >= 15 is 0 Å². The summed E-state index contributed by atoms with van der Waals surface area (Å²) in [5, 5.41) is 5.56. The predicted octanol–water partition coefficient (Wildman–Crippen LogP) is 2.02. The Kier molecular flexibility index (Phi) is 5.23. The molecule has 1 saturated heterocycles. The Balaban J connectivity index is 1.72. The van der Waals surface area contributed by atoms with Gasteiger partial charge in [-0.25, -0.2) is 0 Å². The fourth-order valence-corrected chi connectivity index (χ4v) is 3.25. The largest absolute Gasteiger partial charge is 0.493 e. The molecule has 0 unspecified atom stereocenters. The highest BCUT2D eigenvalue weighted by Gasteiger charge is 2.25. The van der Waals surface area contributed by atoms with Crippen molar-refractivity contribution in [2.75, 3.05) is 13.7 Å². The molecule has 1 aliphatic carbocycles. The highest BCUT2D eigenvalue weighted by Crippen LogP contribution is 2.32. The molecule has 0 aromatic heterocycles. The smallest absolute Gasteiger partial charge is 0.252 e. The van der Waals surface area contributed by atoms with Gasteiger partial charge in [-0.2, -0.15) is 0 Å². The number of hydrogen-bond donors (Lipinski definition) is 2. The Hall–Kier alpha value is -2.24. The summed E-state index contributed by atoms with van der Waals surface area (Å²) >= 11 is 0. The highest BCUT2D eigenvalue weighted by atomic mass is 16.5. The maximum absolute atomic E-state index is 12.5. The molecule has 130 valence electrons. The van der Waals surface area contributed by atoms with E-state index in [4.69, 9.17) is 9.47 Å². The molecule has 0 bridgehead atoms. The zero-order valence-corrected chi connectivity index (χ0v) is 14.0. The van der Waals surface area contributed by atoms with E-state index in [1.807, 2.05) is 0 Å². The molecule has 1 atom stereocenters. The minimum atomic E-state index is -0.465. The average molecular weight is 332 g/mol. The number of rotatable bonds is 5. The third kappa shape index (κ3) is 3.80. The number of carbonyl (C=O) groups excluding carboxylic acids is 2. The van der Waals surface area contributed by atoms with Gasteiger partial charge >= 0.3 is 0 Å². The van der Waals surface area contributed by atoms with E-state index in [0.717, 1.165) is 19.3 Å². The van der Waals surface area contributed by atoms with Crippen LogP contribution in [-0.4, -0.2) is 37.6 Å². The Bertz CT molecular complexity index is 611. The van der Waals surface area contributed by atoms with Gasteiger partial charge in [-0.15, -0.1) is 0 Å². The maximum atomic E-state index is 12.5. The SMILES string of the molecule is COc1ccc(C(=O)N[C@H]2CCCNC2=O)cc1OC1CCCC1. The maximum Gasteiger partial charge on any atom is 0.252 e. The van der Waals surface area contributed by atoms with E-state index in [9.17, 15) is 9.59 Å². The summed E-state index contributed by atoms with van der Waals surface area (Å²) in [6, 6.07) is 4.66. The van der Waals surface area contributed by atoms with Crippen molar-refractivity contribution in [3.63, 3.8) is 0 Å². The Morgan fingerprint density at radius 1 is 1.17 bits per heavy atom. The Morgan fingerprint density at radius 3 is 2.67 bits per heavy atom. The molecule has 2 amide bonds. The number of amides is 2. The number of nitrogens with one attached hydrogen (secondary N) is 2. The summed E-state index contributed by atoms with van der Waals surface area (Å²) in [7, 11) is 1.59. The molecule has 1 saturated carbocycles. The van der Waals surface area contributed by atoms with E-state index in [2.05, 4.69) is 10.6 Å². The van der Waals surface area contributed by atoms with Gasteiger partial charge in [0.15, 0.2) is 11.5 Å². The molecule has 24 heavy (non-hydrogen) atoms. The van der Waals surface area contributed by atoms with Crippen molar-refractivity contribution in [2.24, 2.45) is 0 Å². The molecule has 0 spiro atoms. The lowest BCUT2D eigenvalue weighted by Crippen LogP contribution is -2.50. The quantitative estimate of drug-likeness (QED) is 0.865. The number of hydrogen-bond acceptors (Lipinski definition) is 4. The molecule has 0 radical (unpaired) electrons. The lowest BCUT2D eigenvalue weighted by Gasteiger charge is -2.23. The number of methoxy groups -OCH3 is 1. The van der Waals surface area contributed by atoms with Gasteiger partial charge in [0.05, 0.1) is 13.2 Å². The molecular weight excluding hydrogens is 308 g/mol. The third-order valence-electron chi connectivity index (χ3n) is 4.61. The van der Waals surface area contributed by atoms with Crippen molar-refractivity contribution in [1.82, 2.24) is 10.6 Å². The number of piperidine rings is 1. The molecule has 1 aromatic rings. The normalized spacial score (nSPS) is 21.2. The van der Waals surface area contributed by atoms with Crippen LogP contribution in [0.1, 0.15) is 48.9 Å². The van der Waals surface area contributed by atoms with Crippen LogP contribution in [0.4, 0.5) is 0 Å². The number of benzene rings is 1. The van der Waals surface area contributed by atoms with Gasteiger partial charge < -0.3 is 20.1 Å². The standard InChI is InChI=1S/C18H24N2O4/c1-23-15-9-8-12(11-16(15)24-13-5-2-3-6-13)17(21)20-14-7-4-10-19-18(14)22/h8-9,11,13-14H,2-7,10H2,1H3,(H,19,22)(H,20,21)/t14-/m0/s1. The fourth-order valence-electron chi connectivity index (χ4n) is 3.25. The van der Waals surface area contributed by atoms with E-state index in [0.29, 0.717) is 30.0 Å². The molecule has 1 heterocycles. The summed E-state index contributed by atoms with van der Waals surface area (Å²) < 4.78 is 11.4. The summed E-state index contributed by atoms with van der Waals surface area (Å²) in [4.78, 5) is 24.2. The Morgan fingerprint density at radius 2 is 1.96 bits per heavy atom. The van der Waals surface area contributed by atoms with Gasteiger partial charge in [0, 0.05) is 12.1 Å². The molecule has 6 nitrogen and oxygen atoms in total. The van der Waals surface area contributed by atoms with Crippen LogP contribution in [0.25, 0.3) is 0 Å². The second kappa shape index (κ2) is 7.55. The molecule has 1 aromatic carbocycles. The van der Waals surface area contributed by atoms with Gasteiger partial charge in [-0.05, 0) is 56.7 Å². The lowest BCUT2D eigenvalue weighted by molar-refractivity contribution is -0.124. The predicted molar refractivity (Wildman–Crippen MR) is 89.4 cm³/mol. The van der Waals surface area contributed by atoms with E-state index in [1.54, 1.807) is 25.3 Å².